The fraction of sp³-hybridized carbons (Fsp3) is 0.462. The number of methoxy groups -OCH3 is 2. The van der Waals surface area contributed by atoms with E-state index in [0.29, 0.717) is 11.4 Å². The number of fused-ring (bicyclic) bond motifs is 1. The Balaban J connectivity index is 0.000000203. The smallest absolute Gasteiger partial charge is 0.228 e. The molecule has 1 aromatic rings. The van der Waals surface area contributed by atoms with Gasteiger partial charge in [-0.2, -0.15) is 0 Å². The van der Waals surface area contributed by atoms with Gasteiger partial charge in [-0.1, -0.05) is 11.6 Å². The quantitative estimate of drug-likeness (QED) is 0.863. The van der Waals surface area contributed by atoms with Crippen molar-refractivity contribution in [1.29, 1.82) is 0 Å². The van der Waals surface area contributed by atoms with E-state index in [1.54, 1.807) is 20.3 Å². The van der Waals surface area contributed by atoms with Crippen molar-refractivity contribution in [3.05, 3.63) is 28.8 Å². The van der Waals surface area contributed by atoms with E-state index in [0.717, 1.165) is 11.3 Å². The third kappa shape index (κ3) is 4.80. The maximum atomic E-state index is 10.9. The Labute approximate surface area is 118 Å². The number of nitrogens with one attached hydrogen (secondary N) is 1. The lowest BCUT2D eigenvalue weighted by molar-refractivity contribution is -0.179. The summed E-state index contributed by atoms with van der Waals surface area (Å²) in [4.78, 5) is 12.7. The topological polar surface area (TPSA) is 50.8 Å². The van der Waals surface area contributed by atoms with E-state index in [2.05, 4.69) is 5.32 Å². The molecular weight excluding hydrogens is 268 g/mol. The number of hydrogen-bond donors (Lipinski definition) is 1. The van der Waals surface area contributed by atoms with Crippen molar-refractivity contribution in [2.45, 2.75) is 12.8 Å². The Bertz CT molecular complexity index is 434. The number of nitrogens with zero attached hydrogens (tertiary/aromatic N) is 1. The van der Waals surface area contributed by atoms with E-state index in [9.17, 15) is 4.79 Å². The third-order valence-corrected chi connectivity index (χ3v) is 2.75. The fourth-order valence-electron chi connectivity index (χ4n) is 1.72. The molecule has 1 N–H and O–H groups in total. The zero-order chi connectivity index (χ0) is 14.4. The number of carbonyl (C=O) groups excluding carboxylic acids is 1. The Morgan fingerprint density at radius 3 is 2.42 bits per heavy atom. The molecule has 5 nitrogen and oxygen atoms in total. The molecule has 0 spiro atoms. The second-order valence-electron chi connectivity index (χ2n) is 4.27. The van der Waals surface area contributed by atoms with E-state index in [1.807, 2.05) is 31.1 Å². The van der Waals surface area contributed by atoms with Crippen LogP contribution in [0.5, 0.6) is 0 Å². The number of halogens is 1. The van der Waals surface area contributed by atoms with Crippen LogP contribution in [0.3, 0.4) is 0 Å². The average Bonchev–Trinajstić information content (AvgIpc) is 2.70. The van der Waals surface area contributed by atoms with E-state index in [1.165, 1.54) is 0 Å². The molecule has 1 aliphatic rings. The van der Waals surface area contributed by atoms with Gasteiger partial charge in [0.05, 0.1) is 6.42 Å². The van der Waals surface area contributed by atoms with Crippen LogP contribution in [0.2, 0.25) is 5.02 Å². The van der Waals surface area contributed by atoms with E-state index in [4.69, 9.17) is 21.1 Å². The standard InChI is InChI=1S/C8H6ClNO.C5H13NO2/c9-6-1-2-7-5(3-6)4-8(11)10-7;1-6(2)5(7-3)8-4/h1-3H,4H2,(H,10,11);5H,1-4H3. The first-order chi connectivity index (χ1) is 8.97. The summed E-state index contributed by atoms with van der Waals surface area (Å²) in [5.74, 6) is 0.0438. The maximum absolute atomic E-state index is 10.9. The van der Waals surface area contributed by atoms with E-state index < -0.39 is 0 Å². The highest BCUT2D eigenvalue weighted by molar-refractivity contribution is 6.30. The first-order valence-corrected chi connectivity index (χ1v) is 6.16. The predicted molar refractivity (Wildman–Crippen MR) is 75.3 cm³/mol. The fourth-order valence-corrected chi connectivity index (χ4v) is 1.91. The van der Waals surface area contributed by atoms with Crippen molar-refractivity contribution in [3.63, 3.8) is 0 Å². The molecule has 106 valence electrons. The Morgan fingerprint density at radius 1 is 1.32 bits per heavy atom. The van der Waals surface area contributed by atoms with Gasteiger partial charge in [-0.25, -0.2) is 0 Å². The molecule has 0 saturated carbocycles. The van der Waals surface area contributed by atoms with Crippen LogP contribution in [0.4, 0.5) is 5.69 Å². The minimum atomic E-state index is -0.213. The van der Waals surface area contributed by atoms with Gasteiger partial charge in [-0.15, -0.1) is 0 Å². The molecule has 6 heteroatoms. The first-order valence-electron chi connectivity index (χ1n) is 5.78. The Kier molecular flexibility index (Phi) is 6.24. The molecule has 0 fully saturated rings. The van der Waals surface area contributed by atoms with Gasteiger partial charge in [0.15, 0.2) is 0 Å². The molecule has 0 radical (unpaired) electrons. The van der Waals surface area contributed by atoms with Crippen molar-refractivity contribution >= 4 is 23.2 Å². The van der Waals surface area contributed by atoms with Crippen molar-refractivity contribution in [2.75, 3.05) is 33.6 Å². The zero-order valence-corrected chi connectivity index (χ0v) is 12.3. The summed E-state index contributed by atoms with van der Waals surface area (Å²) in [7, 11) is 6.98. The minimum absolute atomic E-state index is 0.0438. The van der Waals surface area contributed by atoms with Gasteiger partial charge >= 0.3 is 0 Å². The number of rotatable bonds is 3. The van der Waals surface area contributed by atoms with E-state index in [-0.39, 0.29) is 12.3 Å². The van der Waals surface area contributed by atoms with Crippen LogP contribution in [-0.2, 0) is 20.7 Å². The van der Waals surface area contributed by atoms with Gasteiger partial charge in [0.25, 0.3) is 0 Å². The number of ether oxygens (including phenoxy) is 2. The second-order valence-corrected chi connectivity index (χ2v) is 4.70. The molecule has 0 aliphatic carbocycles. The van der Waals surface area contributed by atoms with Crippen LogP contribution in [0.15, 0.2) is 18.2 Å². The molecule has 1 aliphatic heterocycles. The summed E-state index contributed by atoms with van der Waals surface area (Å²) in [6.07, 6.45) is 0.241. The van der Waals surface area contributed by atoms with Crippen LogP contribution in [0.25, 0.3) is 0 Å². The largest absolute Gasteiger partial charge is 0.343 e. The highest BCUT2D eigenvalue weighted by Crippen LogP contribution is 2.25. The van der Waals surface area contributed by atoms with Gasteiger partial charge in [-0.05, 0) is 37.9 Å². The van der Waals surface area contributed by atoms with E-state index >= 15 is 0 Å². The molecule has 0 saturated heterocycles. The Morgan fingerprint density at radius 2 is 1.95 bits per heavy atom. The minimum Gasteiger partial charge on any atom is -0.343 e. The SMILES string of the molecule is COC(OC)N(C)C.O=C1Cc2cc(Cl)ccc2N1. The summed E-state index contributed by atoms with van der Waals surface area (Å²) in [6, 6.07) is 5.41. The van der Waals surface area contributed by atoms with Crippen molar-refractivity contribution in [1.82, 2.24) is 4.90 Å². The van der Waals surface area contributed by atoms with Crippen LogP contribution in [-0.4, -0.2) is 45.5 Å². The molecule has 0 unspecified atom stereocenters. The van der Waals surface area contributed by atoms with Gasteiger partial charge in [0.2, 0.25) is 12.3 Å². The lowest BCUT2D eigenvalue weighted by atomic mass is 10.2. The van der Waals surface area contributed by atoms with Gasteiger partial charge in [0, 0.05) is 24.9 Å². The second kappa shape index (κ2) is 7.45. The summed E-state index contributed by atoms with van der Waals surface area (Å²) in [5.41, 5.74) is 1.88. The normalized spacial score (nSPS) is 13.1. The molecule has 1 aromatic carbocycles. The summed E-state index contributed by atoms with van der Waals surface area (Å²) >= 11 is 5.73. The molecule has 0 aromatic heterocycles. The Hall–Kier alpha value is -1.14. The zero-order valence-electron chi connectivity index (χ0n) is 11.6. The predicted octanol–water partition coefficient (Wildman–Crippen LogP) is 1.96. The summed E-state index contributed by atoms with van der Waals surface area (Å²) in [6.45, 7) is 0. The average molecular weight is 287 g/mol. The number of anilines is 1. The number of hydrogen-bond acceptors (Lipinski definition) is 4. The number of benzene rings is 1. The van der Waals surface area contributed by atoms with Crippen LogP contribution >= 0.6 is 11.6 Å². The van der Waals surface area contributed by atoms with Crippen molar-refractivity contribution < 1.29 is 14.3 Å². The lowest BCUT2D eigenvalue weighted by Crippen LogP contribution is -2.30. The van der Waals surface area contributed by atoms with Crippen molar-refractivity contribution in [3.8, 4) is 0 Å². The molecule has 1 heterocycles. The van der Waals surface area contributed by atoms with Crippen LogP contribution in [0.1, 0.15) is 5.56 Å². The molecule has 0 bridgehead atoms. The summed E-state index contributed by atoms with van der Waals surface area (Å²) < 4.78 is 9.73. The molecule has 19 heavy (non-hydrogen) atoms. The van der Waals surface area contributed by atoms with Gasteiger partial charge < -0.3 is 14.8 Å². The maximum Gasteiger partial charge on any atom is 0.228 e. The molecular formula is C13H19ClN2O3. The monoisotopic (exact) mass is 286 g/mol. The van der Waals surface area contributed by atoms with Gasteiger partial charge in [0.1, 0.15) is 0 Å². The first kappa shape index (κ1) is 15.9. The van der Waals surface area contributed by atoms with Gasteiger partial charge in [-0.3, -0.25) is 9.69 Å². The third-order valence-electron chi connectivity index (χ3n) is 2.52. The van der Waals surface area contributed by atoms with Crippen molar-refractivity contribution in [2.24, 2.45) is 0 Å². The number of amides is 1. The summed E-state index contributed by atoms with van der Waals surface area (Å²) in [5, 5.41) is 3.41. The number of carbonyl (C=O) groups is 1. The molecule has 2 rings (SSSR count). The highest BCUT2D eigenvalue weighted by Gasteiger charge is 2.16. The van der Waals surface area contributed by atoms with Crippen LogP contribution in [0, 0.1) is 0 Å². The van der Waals surface area contributed by atoms with Crippen LogP contribution < -0.4 is 5.32 Å². The lowest BCUT2D eigenvalue weighted by Gasteiger charge is -2.19. The highest BCUT2D eigenvalue weighted by atomic mass is 35.5. The molecule has 0 atom stereocenters. The molecule has 1 amide bonds.